The summed E-state index contributed by atoms with van der Waals surface area (Å²) in [7, 11) is 0. The van der Waals surface area contributed by atoms with Crippen molar-refractivity contribution in [3.63, 3.8) is 0 Å². The summed E-state index contributed by atoms with van der Waals surface area (Å²) in [4.78, 5) is 2.22. The molecular formula is C12H18N2O. The maximum atomic E-state index is 9.75. The van der Waals surface area contributed by atoms with Crippen LogP contribution in [0.25, 0.3) is 0 Å². The van der Waals surface area contributed by atoms with Crippen molar-refractivity contribution in [2.45, 2.75) is 25.3 Å². The van der Waals surface area contributed by atoms with Gasteiger partial charge in [0.15, 0.2) is 0 Å². The lowest BCUT2D eigenvalue weighted by Crippen LogP contribution is -2.26. The van der Waals surface area contributed by atoms with Gasteiger partial charge in [0, 0.05) is 19.1 Å². The van der Waals surface area contributed by atoms with Crippen molar-refractivity contribution >= 4 is 5.69 Å². The molecule has 3 nitrogen and oxygen atoms in total. The lowest BCUT2D eigenvalue weighted by molar-refractivity contribution is 0.473. The zero-order valence-electron chi connectivity index (χ0n) is 8.89. The van der Waals surface area contributed by atoms with E-state index in [1.54, 1.807) is 6.07 Å². The van der Waals surface area contributed by atoms with Gasteiger partial charge < -0.3 is 15.7 Å². The Morgan fingerprint density at radius 2 is 2.00 bits per heavy atom. The van der Waals surface area contributed by atoms with E-state index in [1.807, 2.05) is 18.2 Å². The van der Waals surface area contributed by atoms with E-state index in [-0.39, 0.29) is 0 Å². The van der Waals surface area contributed by atoms with Crippen molar-refractivity contribution in [2.75, 3.05) is 18.0 Å². The molecule has 0 radical (unpaired) electrons. The van der Waals surface area contributed by atoms with E-state index in [4.69, 9.17) is 5.73 Å². The molecule has 2 rings (SSSR count). The molecule has 1 atom stereocenters. The SMILES string of the molecule is NC1CCCN(c2ccccc2O)CC1. The standard InChI is InChI=1S/C12H18N2O/c13-10-4-3-8-14(9-7-10)11-5-1-2-6-12(11)15/h1-2,5-6,10,15H,3-4,7-9,13H2. The van der Waals surface area contributed by atoms with Gasteiger partial charge in [-0.3, -0.25) is 0 Å². The van der Waals surface area contributed by atoms with Crippen LogP contribution in [0.2, 0.25) is 0 Å². The number of rotatable bonds is 1. The van der Waals surface area contributed by atoms with Crippen molar-refractivity contribution in [3.05, 3.63) is 24.3 Å². The predicted molar refractivity (Wildman–Crippen MR) is 62.1 cm³/mol. The third kappa shape index (κ3) is 2.42. The van der Waals surface area contributed by atoms with Crippen LogP contribution in [0.4, 0.5) is 5.69 Å². The quantitative estimate of drug-likeness (QED) is 0.735. The minimum Gasteiger partial charge on any atom is -0.506 e. The summed E-state index contributed by atoms with van der Waals surface area (Å²) in [5.74, 6) is 0.368. The summed E-state index contributed by atoms with van der Waals surface area (Å²) < 4.78 is 0. The molecule has 3 heteroatoms. The molecule has 1 saturated heterocycles. The minimum absolute atomic E-state index is 0.320. The summed E-state index contributed by atoms with van der Waals surface area (Å²) in [6.45, 7) is 1.93. The van der Waals surface area contributed by atoms with Crippen molar-refractivity contribution in [1.29, 1.82) is 0 Å². The highest BCUT2D eigenvalue weighted by Gasteiger charge is 2.15. The van der Waals surface area contributed by atoms with Gasteiger partial charge in [-0.1, -0.05) is 12.1 Å². The smallest absolute Gasteiger partial charge is 0.138 e. The highest BCUT2D eigenvalue weighted by Crippen LogP contribution is 2.28. The lowest BCUT2D eigenvalue weighted by Gasteiger charge is -2.23. The van der Waals surface area contributed by atoms with E-state index >= 15 is 0 Å². The molecular weight excluding hydrogens is 188 g/mol. The van der Waals surface area contributed by atoms with Gasteiger partial charge in [-0.15, -0.1) is 0 Å². The number of hydrogen-bond acceptors (Lipinski definition) is 3. The van der Waals surface area contributed by atoms with E-state index in [2.05, 4.69) is 4.90 Å². The van der Waals surface area contributed by atoms with Crippen LogP contribution < -0.4 is 10.6 Å². The van der Waals surface area contributed by atoms with E-state index in [9.17, 15) is 5.11 Å². The molecule has 0 spiro atoms. The number of phenolic OH excluding ortho intramolecular Hbond substituents is 1. The Balaban J connectivity index is 2.13. The van der Waals surface area contributed by atoms with Crippen LogP contribution in [0.3, 0.4) is 0 Å². The van der Waals surface area contributed by atoms with Crippen LogP contribution >= 0.6 is 0 Å². The van der Waals surface area contributed by atoms with Gasteiger partial charge >= 0.3 is 0 Å². The van der Waals surface area contributed by atoms with Crippen LogP contribution in [-0.4, -0.2) is 24.2 Å². The summed E-state index contributed by atoms with van der Waals surface area (Å²) in [5, 5.41) is 9.75. The molecule has 1 aromatic rings. The molecule has 82 valence electrons. The monoisotopic (exact) mass is 206 g/mol. The van der Waals surface area contributed by atoms with Crippen molar-refractivity contribution in [3.8, 4) is 5.75 Å². The third-order valence-electron chi connectivity index (χ3n) is 3.00. The molecule has 1 unspecified atom stereocenters. The molecule has 1 fully saturated rings. The highest BCUT2D eigenvalue weighted by molar-refractivity contribution is 5.57. The third-order valence-corrected chi connectivity index (χ3v) is 3.00. The van der Waals surface area contributed by atoms with E-state index in [0.29, 0.717) is 11.8 Å². The Morgan fingerprint density at radius 1 is 1.20 bits per heavy atom. The van der Waals surface area contributed by atoms with E-state index in [0.717, 1.165) is 38.0 Å². The van der Waals surface area contributed by atoms with Gasteiger partial charge in [-0.2, -0.15) is 0 Å². The summed E-state index contributed by atoms with van der Waals surface area (Å²) in [5.41, 5.74) is 6.86. The summed E-state index contributed by atoms with van der Waals surface area (Å²) >= 11 is 0. The number of aromatic hydroxyl groups is 1. The fourth-order valence-electron chi connectivity index (χ4n) is 2.09. The largest absolute Gasteiger partial charge is 0.506 e. The minimum atomic E-state index is 0.320. The number of benzene rings is 1. The molecule has 3 N–H and O–H groups in total. The predicted octanol–water partition coefficient (Wildman–Crippen LogP) is 1.71. The zero-order valence-corrected chi connectivity index (χ0v) is 8.89. The lowest BCUT2D eigenvalue weighted by atomic mass is 10.1. The highest BCUT2D eigenvalue weighted by atomic mass is 16.3. The first kappa shape index (κ1) is 10.3. The first-order chi connectivity index (χ1) is 7.27. The zero-order chi connectivity index (χ0) is 10.7. The number of para-hydroxylation sites is 2. The molecule has 1 aliphatic heterocycles. The number of nitrogens with two attached hydrogens (primary N) is 1. The van der Waals surface area contributed by atoms with Gasteiger partial charge in [-0.05, 0) is 31.4 Å². The maximum Gasteiger partial charge on any atom is 0.138 e. The second-order valence-corrected chi connectivity index (χ2v) is 4.17. The summed E-state index contributed by atoms with van der Waals surface area (Å²) in [6.07, 6.45) is 3.20. The Bertz CT molecular complexity index is 327. The number of nitrogens with zero attached hydrogens (tertiary/aromatic N) is 1. The molecule has 15 heavy (non-hydrogen) atoms. The van der Waals surface area contributed by atoms with E-state index in [1.165, 1.54) is 0 Å². The van der Waals surface area contributed by atoms with Crippen LogP contribution in [0.1, 0.15) is 19.3 Å². The van der Waals surface area contributed by atoms with Crippen LogP contribution in [0.5, 0.6) is 5.75 Å². The van der Waals surface area contributed by atoms with Gasteiger partial charge in [0.1, 0.15) is 5.75 Å². The molecule has 0 bridgehead atoms. The Kier molecular flexibility index (Phi) is 3.11. The normalized spacial score (nSPS) is 22.5. The molecule has 0 aliphatic carbocycles. The maximum absolute atomic E-state index is 9.75. The van der Waals surface area contributed by atoms with Gasteiger partial charge in [0.25, 0.3) is 0 Å². The molecule has 0 amide bonds. The number of hydrogen-bond donors (Lipinski definition) is 2. The molecule has 1 aliphatic rings. The average Bonchev–Trinajstić information content (AvgIpc) is 2.44. The van der Waals surface area contributed by atoms with Crippen LogP contribution in [0, 0.1) is 0 Å². The van der Waals surface area contributed by atoms with E-state index < -0.39 is 0 Å². The van der Waals surface area contributed by atoms with Crippen LogP contribution in [-0.2, 0) is 0 Å². The first-order valence-corrected chi connectivity index (χ1v) is 5.56. The molecule has 1 heterocycles. The van der Waals surface area contributed by atoms with Crippen molar-refractivity contribution in [1.82, 2.24) is 0 Å². The van der Waals surface area contributed by atoms with Crippen molar-refractivity contribution < 1.29 is 5.11 Å². The average molecular weight is 206 g/mol. The topological polar surface area (TPSA) is 49.5 Å². The van der Waals surface area contributed by atoms with Crippen LogP contribution in [0.15, 0.2) is 24.3 Å². The number of anilines is 1. The number of phenols is 1. The van der Waals surface area contributed by atoms with Gasteiger partial charge in [0.05, 0.1) is 5.69 Å². The first-order valence-electron chi connectivity index (χ1n) is 5.56. The Morgan fingerprint density at radius 3 is 2.80 bits per heavy atom. The second-order valence-electron chi connectivity index (χ2n) is 4.17. The second kappa shape index (κ2) is 4.53. The van der Waals surface area contributed by atoms with Gasteiger partial charge in [0.2, 0.25) is 0 Å². The summed E-state index contributed by atoms with van der Waals surface area (Å²) in [6, 6.07) is 7.83. The fraction of sp³-hybridized carbons (Fsp3) is 0.500. The molecule has 1 aromatic carbocycles. The molecule has 0 aromatic heterocycles. The molecule has 0 saturated carbocycles. The Hall–Kier alpha value is -1.22. The fourth-order valence-corrected chi connectivity index (χ4v) is 2.09. The van der Waals surface area contributed by atoms with Gasteiger partial charge in [-0.25, -0.2) is 0 Å². The van der Waals surface area contributed by atoms with Crippen molar-refractivity contribution in [2.24, 2.45) is 5.73 Å². The Labute approximate surface area is 90.5 Å².